The minimum Gasteiger partial charge on any atom is 3.00 e. The van der Waals surface area contributed by atoms with Crippen LogP contribution in [0.2, 0.25) is 0 Å². The van der Waals surface area contributed by atoms with Gasteiger partial charge in [0.15, 0.2) is 0 Å². The van der Waals surface area contributed by atoms with Crippen molar-refractivity contribution in [3.63, 3.8) is 0 Å². The molecular formula is H16AlAsO12. The summed E-state index contributed by atoms with van der Waals surface area (Å²) in [6.45, 7) is 0. The quantitative estimate of drug-likeness (QED) is 0.392. The van der Waals surface area contributed by atoms with Crippen molar-refractivity contribution >= 4 is 31.9 Å². The van der Waals surface area contributed by atoms with Gasteiger partial charge in [0, 0.05) is 0 Å². The summed E-state index contributed by atoms with van der Waals surface area (Å²) in [6.07, 6.45) is 0. The molecule has 14 heavy (non-hydrogen) atoms. The van der Waals surface area contributed by atoms with E-state index in [0.29, 0.717) is 0 Å². The Bertz CT molecular complexity index is 56.5. The van der Waals surface area contributed by atoms with Crippen LogP contribution in [0.1, 0.15) is 0 Å². The fourth-order valence-electron chi connectivity index (χ4n) is 0. The van der Waals surface area contributed by atoms with Crippen LogP contribution >= 0.6 is 0 Å². The van der Waals surface area contributed by atoms with Crippen molar-refractivity contribution in [2.75, 3.05) is 0 Å². The molecule has 0 rings (SSSR count). The van der Waals surface area contributed by atoms with E-state index in [1.807, 2.05) is 0 Å². The van der Waals surface area contributed by atoms with E-state index in [0.717, 1.165) is 0 Å². The average Bonchev–Trinajstić information content (AvgIpc) is 0.722. The van der Waals surface area contributed by atoms with Gasteiger partial charge in [0.2, 0.25) is 0 Å². The Hall–Kier alpha value is 0.451. The molecule has 0 saturated carbocycles. The summed E-state index contributed by atoms with van der Waals surface area (Å²) in [5, 5.41) is 0. The van der Waals surface area contributed by atoms with Crippen molar-refractivity contribution in [2.24, 2.45) is 0 Å². The van der Waals surface area contributed by atoms with Crippen LogP contribution in [0.3, 0.4) is 0 Å². The molecule has 0 atom stereocenters. The van der Waals surface area contributed by atoms with Crippen molar-refractivity contribution in [3.05, 3.63) is 0 Å². The van der Waals surface area contributed by atoms with Crippen LogP contribution in [-0.2, 0) is 3.74 Å². The Kier molecular flexibility index (Phi) is 472. The van der Waals surface area contributed by atoms with Gasteiger partial charge in [0.25, 0.3) is 0 Å². The Morgan fingerprint density at radius 1 is 0.571 bits per heavy atom. The maximum Gasteiger partial charge on any atom is 3.00 e. The fourth-order valence-corrected chi connectivity index (χ4v) is 0. The van der Waals surface area contributed by atoms with Gasteiger partial charge in [-0.3, -0.25) is 0 Å². The molecule has 0 radical (unpaired) electrons. The Morgan fingerprint density at radius 2 is 0.571 bits per heavy atom. The molecule has 0 aliphatic heterocycles. The average molecular weight is 310 g/mol. The molecule has 0 aromatic heterocycles. The van der Waals surface area contributed by atoms with Gasteiger partial charge in [-0.2, -0.15) is 0 Å². The van der Waals surface area contributed by atoms with Gasteiger partial charge in [0.05, 0.1) is 0 Å². The van der Waals surface area contributed by atoms with Crippen LogP contribution < -0.4 is 12.3 Å². The summed E-state index contributed by atoms with van der Waals surface area (Å²) >= 11 is -5.88. The van der Waals surface area contributed by atoms with Gasteiger partial charge in [-0.15, -0.1) is 0 Å². The van der Waals surface area contributed by atoms with Gasteiger partial charge >= 0.3 is 47.9 Å². The third-order valence-corrected chi connectivity index (χ3v) is 0. The summed E-state index contributed by atoms with van der Waals surface area (Å²) < 4.78 is 34.4. The molecule has 0 amide bonds. The summed E-state index contributed by atoms with van der Waals surface area (Å²) in [6, 6.07) is 0. The molecule has 0 bridgehead atoms. The summed E-state index contributed by atoms with van der Waals surface area (Å²) in [5.41, 5.74) is 0. The predicted molar refractivity (Wildman–Crippen MR) is 41.1 cm³/mol. The normalized spacial score (nSPS) is 4.21. The van der Waals surface area contributed by atoms with Gasteiger partial charge in [-0.1, -0.05) is 0 Å². The first kappa shape index (κ1) is 132. The minimum absolute atomic E-state index is 0. The summed E-state index contributed by atoms with van der Waals surface area (Å²) in [4.78, 5) is 0. The van der Waals surface area contributed by atoms with Gasteiger partial charge in [-0.05, 0) is 0 Å². The second kappa shape index (κ2) is 50.1. The van der Waals surface area contributed by atoms with E-state index in [1.165, 1.54) is 0 Å². The molecule has 0 unspecified atom stereocenters. The zero-order chi connectivity index (χ0) is 4.50. The van der Waals surface area contributed by atoms with Crippen LogP contribution in [0, 0.1) is 0 Å². The first-order chi connectivity index (χ1) is 2.00. The second-order valence-corrected chi connectivity index (χ2v) is 2.32. The smallest absolute Gasteiger partial charge is 3.00 e. The van der Waals surface area contributed by atoms with Gasteiger partial charge < -0.3 is 43.8 Å². The maximum absolute atomic E-state index is 8.61. The molecule has 0 aromatic carbocycles. The van der Waals surface area contributed by atoms with E-state index < -0.39 is 14.5 Å². The number of hydrogen-bond acceptors (Lipinski definition) is 4. The van der Waals surface area contributed by atoms with Crippen LogP contribution in [-0.4, -0.2) is 75.7 Å². The predicted octanol–water partition coefficient (Wildman–Crippen LogP) is -11.0. The first-order valence-corrected chi connectivity index (χ1v) is 3.79. The van der Waals surface area contributed by atoms with Crippen LogP contribution in [0.15, 0.2) is 0 Å². The SMILES string of the molecule is O.O.O.O.O.O.O.O.O=[As]([O-])([O-])[O-].[Al+3]. The fraction of sp³-hybridized carbons (Fsp3) is 0. The van der Waals surface area contributed by atoms with Crippen molar-refractivity contribution in [1.29, 1.82) is 0 Å². The first-order valence-electron chi connectivity index (χ1n) is 0.730. The Labute approximate surface area is 92.1 Å². The Balaban J connectivity index is -0.00000000222. The second-order valence-electron chi connectivity index (χ2n) is 0.447. The Morgan fingerprint density at radius 3 is 0.571 bits per heavy atom. The molecule has 0 spiro atoms. The summed E-state index contributed by atoms with van der Waals surface area (Å²) in [7, 11) is 0. The van der Waals surface area contributed by atoms with Crippen LogP contribution in [0.4, 0.5) is 0 Å². The van der Waals surface area contributed by atoms with Gasteiger partial charge in [-0.25, -0.2) is 0 Å². The van der Waals surface area contributed by atoms with E-state index in [9.17, 15) is 0 Å². The monoisotopic (exact) mass is 310 g/mol. The van der Waals surface area contributed by atoms with Crippen LogP contribution in [0.25, 0.3) is 0 Å². The minimum atomic E-state index is -5.88. The van der Waals surface area contributed by atoms with Crippen molar-refractivity contribution < 1.29 is 59.8 Å². The topological polar surface area (TPSA) is 338 Å². The largest absolute Gasteiger partial charge is 3.00 e. The van der Waals surface area contributed by atoms with E-state index in [4.69, 9.17) is 16.0 Å². The molecule has 96 valence electrons. The molecular weight excluding hydrogens is 294 g/mol. The third-order valence-electron chi connectivity index (χ3n) is 0. The summed E-state index contributed by atoms with van der Waals surface area (Å²) in [5.74, 6) is 0. The van der Waals surface area contributed by atoms with Crippen molar-refractivity contribution in [3.8, 4) is 0 Å². The maximum atomic E-state index is 8.61. The van der Waals surface area contributed by atoms with Crippen LogP contribution in [0.5, 0.6) is 0 Å². The molecule has 0 aliphatic rings. The molecule has 16 N–H and O–H groups in total. The molecule has 0 saturated heterocycles. The van der Waals surface area contributed by atoms with E-state index in [1.54, 1.807) is 0 Å². The molecule has 0 fully saturated rings. The molecule has 14 heteroatoms. The third kappa shape index (κ3) is 8030. The number of rotatable bonds is 0. The molecule has 0 heterocycles. The number of hydrogen-bond donors (Lipinski definition) is 0. The van der Waals surface area contributed by atoms with Crippen molar-refractivity contribution in [1.82, 2.24) is 0 Å². The zero-order valence-electron chi connectivity index (χ0n) is 6.66. The zero-order valence-corrected chi connectivity index (χ0v) is 9.69. The van der Waals surface area contributed by atoms with Gasteiger partial charge in [0.1, 0.15) is 0 Å². The van der Waals surface area contributed by atoms with Crippen molar-refractivity contribution in [2.45, 2.75) is 0 Å². The standard InChI is InChI=1S/Al.AsH3O4.8H2O/c;2-1(3,4)5;;;;;;;;/h;(H3,2,3,4,5);8*1H2/q+3;;;;;;;;;/p-3. The van der Waals surface area contributed by atoms with E-state index >= 15 is 0 Å². The molecule has 0 aromatic rings. The van der Waals surface area contributed by atoms with E-state index in [2.05, 4.69) is 0 Å². The molecule has 0 aliphatic carbocycles. The van der Waals surface area contributed by atoms with E-state index in [-0.39, 0.29) is 61.2 Å². The molecule has 12 nitrogen and oxygen atoms in total.